The van der Waals surface area contributed by atoms with Crippen LogP contribution in [-0.4, -0.2) is 28.1 Å². The third-order valence-electron chi connectivity index (χ3n) is 13.1. The molecular formula is C30H46O4. The van der Waals surface area contributed by atoms with E-state index in [0.29, 0.717) is 12.3 Å². The summed E-state index contributed by atoms with van der Waals surface area (Å²) in [5.41, 5.74) is 0.142. The molecular weight excluding hydrogens is 424 g/mol. The summed E-state index contributed by atoms with van der Waals surface area (Å²) in [6, 6.07) is 0. The van der Waals surface area contributed by atoms with E-state index in [1.807, 2.05) is 13.0 Å². The summed E-state index contributed by atoms with van der Waals surface area (Å²) in [4.78, 5) is 26.4. The lowest BCUT2D eigenvalue weighted by molar-refractivity contribution is -0.202. The molecule has 0 bridgehead atoms. The quantitative estimate of drug-likeness (QED) is 0.464. The highest BCUT2D eigenvalue weighted by Crippen LogP contribution is 2.75. The SMILES string of the molecule is CC1(C)[C@H]2CC[C@]3(C)[C@H](C(=O)C=C4[C@@H]5C[C@](C)(C(=O)O)CC[C@]5(C)CC[C@]43C)[C@@]2(C)CC[C@@H]1O. The highest BCUT2D eigenvalue weighted by atomic mass is 16.4. The summed E-state index contributed by atoms with van der Waals surface area (Å²) < 4.78 is 0. The van der Waals surface area contributed by atoms with Gasteiger partial charge in [0.15, 0.2) is 5.78 Å². The Bertz CT molecular complexity index is 965. The third-order valence-corrected chi connectivity index (χ3v) is 13.1. The molecule has 0 radical (unpaired) electrons. The van der Waals surface area contributed by atoms with Crippen molar-refractivity contribution in [2.45, 2.75) is 112 Å². The molecule has 0 aromatic carbocycles. The number of hydrogen-bond donors (Lipinski definition) is 2. The van der Waals surface area contributed by atoms with E-state index in [0.717, 1.165) is 51.4 Å². The van der Waals surface area contributed by atoms with Gasteiger partial charge in [0.05, 0.1) is 11.5 Å². The lowest BCUT2D eigenvalue weighted by Gasteiger charge is -2.70. The van der Waals surface area contributed by atoms with Gasteiger partial charge in [0.1, 0.15) is 0 Å². The number of aliphatic carboxylic acids is 1. The van der Waals surface area contributed by atoms with Gasteiger partial charge in [-0.15, -0.1) is 0 Å². The second-order valence-electron chi connectivity index (χ2n) is 14.9. The molecule has 2 N–H and O–H groups in total. The first-order valence-corrected chi connectivity index (χ1v) is 13.7. The third kappa shape index (κ3) is 2.81. The number of rotatable bonds is 1. The number of carboxylic acid groups (broad SMARTS) is 1. The van der Waals surface area contributed by atoms with Crippen LogP contribution in [0.1, 0.15) is 106 Å². The van der Waals surface area contributed by atoms with Crippen molar-refractivity contribution in [2.24, 2.45) is 50.2 Å². The second-order valence-corrected chi connectivity index (χ2v) is 14.9. The lowest BCUT2D eigenvalue weighted by Crippen LogP contribution is -2.66. The average molecular weight is 471 g/mol. The van der Waals surface area contributed by atoms with E-state index < -0.39 is 11.4 Å². The van der Waals surface area contributed by atoms with Gasteiger partial charge in [-0.3, -0.25) is 9.59 Å². The summed E-state index contributed by atoms with van der Waals surface area (Å²) >= 11 is 0. The van der Waals surface area contributed by atoms with E-state index in [9.17, 15) is 19.8 Å². The molecule has 4 nitrogen and oxygen atoms in total. The Morgan fingerprint density at radius 3 is 2.21 bits per heavy atom. The molecule has 0 aliphatic heterocycles. The summed E-state index contributed by atoms with van der Waals surface area (Å²) in [7, 11) is 0. The van der Waals surface area contributed by atoms with Crippen LogP contribution in [0.5, 0.6) is 0 Å². The molecule has 4 saturated carbocycles. The predicted molar refractivity (Wildman–Crippen MR) is 133 cm³/mol. The molecule has 0 saturated heterocycles. The van der Waals surface area contributed by atoms with Crippen molar-refractivity contribution in [2.75, 3.05) is 0 Å². The number of hydrogen-bond acceptors (Lipinski definition) is 3. The number of carboxylic acids is 1. The van der Waals surface area contributed by atoms with Crippen molar-refractivity contribution >= 4 is 11.8 Å². The standard InChI is InChI=1S/C30H46O4/c1-25(2)21-8-11-30(7)23(28(21,5)10-9-22(25)32)20(31)16-18-19-17-27(4,24(33)34)13-12-26(19,3)14-15-29(18,30)6/h16,19,21-23,32H,8-15,17H2,1-7H3,(H,33,34)/t19-,21+,22-,23+,26+,27+,28-,29+,30+/m0/s1. The van der Waals surface area contributed by atoms with Gasteiger partial charge in [-0.2, -0.15) is 0 Å². The molecule has 4 fully saturated rings. The Kier molecular flexibility index (Phi) is 5.04. The van der Waals surface area contributed by atoms with Gasteiger partial charge >= 0.3 is 5.97 Å². The Balaban J connectivity index is 1.62. The van der Waals surface area contributed by atoms with Crippen LogP contribution in [0.15, 0.2) is 11.6 Å². The van der Waals surface area contributed by atoms with E-state index in [1.165, 1.54) is 5.57 Å². The largest absolute Gasteiger partial charge is 0.481 e. The van der Waals surface area contributed by atoms with Crippen LogP contribution in [0, 0.1) is 50.2 Å². The zero-order valence-corrected chi connectivity index (χ0v) is 22.5. The van der Waals surface area contributed by atoms with Crippen LogP contribution >= 0.6 is 0 Å². The zero-order valence-electron chi connectivity index (χ0n) is 22.5. The van der Waals surface area contributed by atoms with Gasteiger partial charge in [0, 0.05) is 5.92 Å². The topological polar surface area (TPSA) is 74.6 Å². The Hall–Kier alpha value is -1.16. The molecule has 9 atom stereocenters. The highest BCUT2D eigenvalue weighted by molar-refractivity contribution is 5.95. The molecule has 190 valence electrons. The van der Waals surface area contributed by atoms with E-state index in [1.54, 1.807) is 0 Å². The number of allylic oxidation sites excluding steroid dienone is 2. The van der Waals surface area contributed by atoms with Crippen LogP contribution in [0.3, 0.4) is 0 Å². The molecule has 0 unspecified atom stereocenters. The maximum absolute atomic E-state index is 14.2. The van der Waals surface area contributed by atoms with Crippen LogP contribution < -0.4 is 0 Å². The van der Waals surface area contributed by atoms with Crippen molar-refractivity contribution in [3.63, 3.8) is 0 Å². The molecule has 5 rings (SSSR count). The normalized spacial score (nSPS) is 54.1. The van der Waals surface area contributed by atoms with Crippen LogP contribution in [0.25, 0.3) is 0 Å². The second kappa shape index (κ2) is 6.99. The minimum atomic E-state index is -0.711. The maximum atomic E-state index is 14.2. The molecule has 5 aliphatic carbocycles. The summed E-state index contributed by atoms with van der Waals surface area (Å²) in [5.74, 6) is 0.0603. The van der Waals surface area contributed by atoms with E-state index in [4.69, 9.17) is 0 Å². The van der Waals surface area contributed by atoms with Crippen molar-refractivity contribution in [3.8, 4) is 0 Å². The fraction of sp³-hybridized carbons (Fsp3) is 0.867. The maximum Gasteiger partial charge on any atom is 0.309 e. The Labute approximate surface area is 206 Å². The fourth-order valence-electron chi connectivity index (χ4n) is 10.4. The van der Waals surface area contributed by atoms with E-state index in [-0.39, 0.29) is 50.8 Å². The zero-order chi connectivity index (χ0) is 25.1. The van der Waals surface area contributed by atoms with Gasteiger partial charge in [-0.1, -0.05) is 47.1 Å². The lowest BCUT2D eigenvalue weighted by atomic mass is 9.33. The minimum Gasteiger partial charge on any atom is -0.481 e. The van der Waals surface area contributed by atoms with Crippen molar-refractivity contribution in [3.05, 3.63) is 11.6 Å². The van der Waals surface area contributed by atoms with Gasteiger partial charge in [-0.25, -0.2) is 0 Å². The number of aliphatic hydroxyl groups excluding tert-OH is 1. The molecule has 0 spiro atoms. The van der Waals surface area contributed by atoms with Crippen LogP contribution in [-0.2, 0) is 9.59 Å². The number of fused-ring (bicyclic) bond motifs is 7. The number of ketones is 1. The van der Waals surface area contributed by atoms with Gasteiger partial charge in [0.2, 0.25) is 0 Å². The first-order valence-electron chi connectivity index (χ1n) is 13.7. The van der Waals surface area contributed by atoms with Gasteiger partial charge < -0.3 is 10.2 Å². The van der Waals surface area contributed by atoms with E-state index in [2.05, 4.69) is 41.5 Å². The molecule has 0 amide bonds. The van der Waals surface area contributed by atoms with Crippen molar-refractivity contribution in [1.29, 1.82) is 0 Å². The fourth-order valence-corrected chi connectivity index (χ4v) is 10.4. The van der Waals surface area contributed by atoms with E-state index >= 15 is 0 Å². The first-order chi connectivity index (χ1) is 15.6. The number of carbonyl (C=O) groups is 2. The number of aliphatic hydroxyl groups is 1. The van der Waals surface area contributed by atoms with Crippen LogP contribution in [0.2, 0.25) is 0 Å². The highest BCUT2D eigenvalue weighted by Gasteiger charge is 2.70. The summed E-state index contributed by atoms with van der Waals surface area (Å²) in [6.07, 6.45) is 9.95. The summed E-state index contributed by atoms with van der Waals surface area (Å²) in [6.45, 7) is 15.8. The van der Waals surface area contributed by atoms with Crippen LogP contribution in [0.4, 0.5) is 0 Å². The van der Waals surface area contributed by atoms with Crippen molar-refractivity contribution in [1.82, 2.24) is 0 Å². The smallest absolute Gasteiger partial charge is 0.309 e. The monoisotopic (exact) mass is 470 g/mol. The van der Waals surface area contributed by atoms with Gasteiger partial charge in [0.25, 0.3) is 0 Å². The molecule has 0 aromatic rings. The summed E-state index contributed by atoms with van der Waals surface area (Å²) in [5, 5.41) is 20.9. The molecule has 0 aromatic heterocycles. The first kappa shape index (κ1) is 24.5. The predicted octanol–water partition coefficient (Wildman–Crippen LogP) is 6.41. The minimum absolute atomic E-state index is 0.0296. The molecule has 0 heterocycles. The molecule has 4 heteroatoms. The Morgan fingerprint density at radius 1 is 0.912 bits per heavy atom. The average Bonchev–Trinajstić information content (AvgIpc) is 2.73. The Morgan fingerprint density at radius 2 is 1.56 bits per heavy atom. The molecule has 34 heavy (non-hydrogen) atoms. The van der Waals surface area contributed by atoms with Crippen molar-refractivity contribution < 1.29 is 19.8 Å². The number of carbonyl (C=O) groups excluding carboxylic acids is 1. The van der Waals surface area contributed by atoms with Gasteiger partial charge in [-0.05, 0) is 110 Å². The molecule has 5 aliphatic rings.